The summed E-state index contributed by atoms with van der Waals surface area (Å²) in [7, 11) is 0. The van der Waals surface area contributed by atoms with Crippen molar-refractivity contribution in [3.05, 3.63) is 105 Å². The number of fused-ring (bicyclic) bond motifs is 2. The van der Waals surface area contributed by atoms with Crippen LogP contribution in [-0.4, -0.2) is 26.9 Å². The highest BCUT2D eigenvalue weighted by atomic mass is 35.5. The molecule has 0 bridgehead atoms. The molecule has 33 heavy (non-hydrogen) atoms. The van der Waals surface area contributed by atoms with Crippen LogP contribution in [0.2, 0.25) is 5.02 Å². The number of nitrogens with one attached hydrogen (secondary N) is 2. The van der Waals surface area contributed by atoms with Crippen molar-refractivity contribution in [3.63, 3.8) is 0 Å². The minimum Gasteiger partial charge on any atom is -0.405 e. The predicted octanol–water partition coefficient (Wildman–Crippen LogP) is 4.35. The monoisotopic (exact) mass is 460 g/mol. The smallest absolute Gasteiger partial charge is 0.323 e. The van der Waals surface area contributed by atoms with Crippen LogP contribution >= 0.6 is 11.6 Å². The van der Waals surface area contributed by atoms with Crippen LogP contribution in [0.4, 0.5) is 10.1 Å². The molecule has 0 saturated carbocycles. The average Bonchev–Trinajstić information content (AvgIpc) is 3.40. The third kappa shape index (κ3) is 4.08. The summed E-state index contributed by atoms with van der Waals surface area (Å²) >= 11 is 5.76. The number of nitrogens with two attached hydrogens (primary N) is 1. The van der Waals surface area contributed by atoms with Crippen molar-refractivity contribution in [3.8, 4) is 0 Å². The van der Waals surface area contributed by atoms with Gasteiger partial charge >= 0.3 is 5.69 Å². The summed E-state index contributed by atoms with van der Waals surface area (Å²) in [6.45, 7) is 0.240. The van der Waals surface area contributed by atoms with Crippen LogP contribution in [0, 0.1) is 5.82 Å². The molecular weight excluding hydrogens is 443 g/mol. The lowest BCUT2D eigenvalue weighted by Gasteiger charge is -2.12. The summed E-state index contributed by atoms with van der Waals surface area (Å²) in [5.74, 6) is -0.588. The number of hydrogen-bond acceptors (Lipinski definition) is 5. The third-order valence-corrected chi connectivity index (χ3v) is 5.75. The lowest BCUT2D eigenvalue weighted by atomic mass is 9.92. The standard InChI is InChI=1S/C24H18ClFN6O/c25-17-3-1-13(7-18(17)26)10-28-19(5-6-27)21-9-15-16(11-29-23(15)12-30-21)14-2-4-20-22(8-14)32-24(33)31-20/h1-9,11-12,16H,10,27H2,(H2,31,32,33). The number of nitrogens with zero attached hydrogens (tertiary/aromatic N) is 3. The van der Waals surface area contributed by atoms with E-state index in [9.17, 15) is 9.18 Å². The van der Waals surface area contributed by atoms with Crippen molar-refractivity contribution in [1.82, 2.24) is 15.0 Å². The Balaban J connectivity index is 1.49. The largest absolute Gasteiger partial charge is 0.405 e. The van der Waals surface area contributed by atoms with E-state index >= 15 is 0 Å². The predicted molar refractivity (Wildman–Crippen MR) is 128 cm³/mol. The van der Waals surface area contributed by atoms with Crippen LogP contribution in [0.5, 0.6) is 0 Å². The maximum atomic E-state index is 13.8. The van der Waals surface area contributed by atoms with Gasteiger partial charge in [0.15, 0.2) is 0 Å². The van der Waals surface area contributed by atoms with Crippen LogP contribution in [-0.2, 0) is 6.54 Å². The van der Waals surface area contributed by atoms with Crippen LogP contribution in [0.3, 0.4) is 0 Å². The van der Waals surface area contributed by atoms with Gasteiger partial charge in [-0.1, -0.05) is 23.7 Å². The molecule has 2 aromatic heterocycles. The molecule has 164 valence electrons. The maximum absolute atomic E-state index is 13.8. The lowest BCUT2D eigenvalue weighted by molar-refractivity contribution is 0.626. The average molecular weight is 461 g/mol. The van der Waals surface area contributed by atoms with Crippen molar-refractivity contribution in [2.75, 3.05) is 0 Å². The molecule has 1 aliphatic rings. The summed E-state index contributed by atoms with van der Waals surface area (Å²) in [4.78, 5) is 30.7. The Bertz CT molecular complexity index is 1520. The fourth-order valence-corrected chi connectivity index (χ4v) is 3.95. The highest BCUT2D eigenvalue weighted by Gasteiger charge is 2.23. The molecule has 0 saturated heterocycles. The van der Waals surface area contributed by atoms with Crippen molar-refractivity contribution in [1.29, 1.82) is 0 Å². The number of aliphatic imine (C=N–C) groups is 2. The quantitative estimate of drug-likeness (QED) is 0.385. The van der Waals surface area contributed by atoms with E-state index in [1.807, 2.05) is 30.5 Å². The fraction of sp³-hybridized carbons (Fsp3) is 0.0833. The molecule has 0 spiro atoms. The SMILES string of the molecule is NC=CC(=NCc1ccc(Cl)c(F)c1)c1cc2c(cn1)N=CC2c1ccc2[nH]c(=O)[nH]c2c1. The number of allylic oxidation sites excluding steroid dienone is 1. The molecule has 7 nitrogen and oxygen atoms in total. The molecule has 3 heterocycles. The first kappa shape index (κ1) is 20.8. The van der Waals surface area contributed by atoms with Crippen LogP contribution in [0.15, 0.2) is 75.7 Å². The van der Waals surface area contributed by atoms with Crippen molar-refractivity contribution in [2.45, 2.75) is 12.5 Å². The van der Waals surface area contributed by atoms with Gasteiger partial charge in [0, 0.05) is 12.1 Å². The molecule has 0 fully saturated rings. The molecule has 4 N–H and O–H groups in total. The Hall–Kier alpha value is -4.04. The zero-order valence-electron chi connectivity index (χ0n) is 17.2. The number of rotatable bonds is 5. The molecular formula is C24H18ClFN6O. The summed E-state index contributed by atoms with van der Waals surface area (Å²) in [5.41, 5.74) is 11.5. The van der Waals surface area contributed by atoms with Crippen LogP contribution < -0.4 is 11.4 Å². The van der Waals surface area contributed by atoms with Gasteiger partial charge in [-0.25, -0.2) is 9.18 Å². The van der Waals surface area contributed by atoms with E-state index in [0.29, 0.717) is 17.0 Å². The number of imidazole rings is 1. The van der Waals surface area contributed by atoms with Crippen molar-refractivity contribution >= 4 is 40.2 Å². The summed E-state index contributed by atoms with van der Waals surface area (Å²) in [5, 5.41) is 0.0676. The van der Waals surface area contributed by atoms with E-state index in [0.717, 1.165) is 27.8 Å². The highest BCUT2D eigenvalue weighted by molar-refractivity contribution is 6.30. The van der Waals surface area contributed by atoms with Gasteiger partial charge in [-0.3, -0.25) is 15.0 Å². The van der Waals surface area contributed by atoms with Crippen molar-refractivity contribution < 1.29 is 4.39 Å². The van der Waals surface area contributed by atoms with E-state index in [-0.39, 0.29) is 23.2 Å². The molecule has 1 atom stereocenters. The number of benzene rings is 2. The van der Waals surface area contributed by atoms with E-state index in [1.54, 1.807) is 18.3 Å². The van der Waals surface area contributed by atoms with Crippen molar-refractivity contribution in [2.24, 2.45) is 15.7 Å². The molecule has 4 aromatic rings. The second-order valence-corrected chi connectivity index (χ2v) is 7.98. The van der Waals surface area contributed by atoms with Gasteiger partial charge in [-0.05, 0) is 59.3 Å². The Morgan fingerprint density at radius 2 is 2.03 bits per heavy atom. The molecule has 1 unspecified atom stereocenters. The minimum atomic E-state index is -0.489. The minimum absolute atomic E-state index is 0.0676. The van der Waals surface area contributed by atoms with Gasteiger partial charge in [0.25, 0.3) is 0 Å². The number of hydrogen-bond donors (Lipinski definition) is 3. The number of pyridine rings is 1. The second kappa shape index (κ2) is 8.48. The molecule has 0 radical (unpaired) electrons. The molecule has 9 heteroatoms. The Morgan fingerprint density at radius 1 is 1.18 bits per heavy atom. The number of H-pyrrole nitrogens is 2. The molecule has 5 rings (SSSR count). The Labute approximate surface area is 192 Å². The summed E-state index contributed by atoms with van der Waals surface area (Å²) < 4.78 is 13.8. The topological polar surface area (TPSA) is 112 Å². The van der Waals surface area contributed by atoms with Gasteiger partial charge in [0.2, 0.25) is 0 Å². The molecule has 2 aromatic carbocycles. The Kier molecular flexibility index (Phi) is 5.35. The Morgan fingerprint density at radius 3 is 2.85 bits per heavy atom. The van der Waals surface area contributed by atoms with Crippen LogP contribution in [0.25, 0.3) is 11.0 Å². The second-order valence-electron chi connectivity index (χ2n) is 7.58. The fourth-order valence-electron chi connectivity index (χ4n) is 3.83. The molecule has 1 aliphatic heterocycles. The van der Waals surface area contributed by atoms with Gasteiger partial charge in [-0.2, -0.15) is 0 Å². The first-order valence-electron chi connectivity index (χ1n) is 10.1. The van der Waals surface area contributed by atoms with E-state index in [2.05, 4.69) is 24.9 Å². The van der Waals surface area contributed by atoms with E-state index in [4.69, 9.17) is 17.3 Å². The molecule has 0 amide bonds. The van der Waals surface area contributed by atoms with E-state index < -0.39 is 5.82 Å². The maximum Gasteiger partial charge on any atom is 0.323 e. The number of aromatic amines is 2. The number of aromatic nitrogens is 3. The van der Waals surface area contributed by atoms with Gasteiger partial charge in [-0.15, -0.1) is 0 Å². The first-order chi connectivity index (χ1) is 16.0. The third-order valence-electron chi connectivity index (χ3n) is 5.44. The zero-order chi connectivity index (χ0) is 22.9. The highest BCUT2D eigenvalue weighted by Crippen LogP contribution is 2.37. The number of halogens is 2. The normalized spacial score (nSPS) is 15.6. The first-order valence-corrected chi connectivity index (χ1v) is 10.5. The van der Waals surface area contributed by atoms with Gasteiger partial charge in [0.1, 0.15) is 5.82 Å². The van der Waals surface area contributed by atoms with E-state index in [1.165, 1.54) is 18.3 Å². The van der Waals surface area contributed by atoms with Gasteiger partial charge in [0.05, 0.1) is 45.9 Å². The lowest BCUT2D eigenvalue weighted by Crippen LogP contribution is -2.05. The summed E-state index contributed by atoms with van der Waals surface area (Å²) in [6, 6.07) is 12.3. The zero-order valence-corrected chi connectivity index (χ0v) is 18.0. The molecule has 0 aliphatic carbocycles. The summed E-state index contributed by atoms with van der Waals surface area (Å²) in [6.07, 6.45) is 6.59. The van der Waals surface area contributed by atoms with Gasteiger partial charge < -0.3 is 15.7 Å². The van der Waals surface area contributed by atoms with Crippen LogP contribution in [0.1, 0.15) is 28.3 Å².